The van der Waals surface area contributed by atoms with Crippen LogP contribution in [0.3, 0.4) is 0 Å². The van der Waals surface area contributed by atoms with Gasteiger partial charge in [0, 0.05) is 23.0 Å². The Morgan fingerprint density at radius 1 is 0.933 bits per heavy atom. The summed E-state index contributed by atoms with van der Waals surface area (Å²) in [6.07, 6.45) is -0.0546. The zero-order valence-electron chi connectivity index (χ0n) is 16.8. The molecule has 0 aliphatic heterocycles. The van der Waals surface area contributed by atoms with Gasteiger partial charge in [-0.1, -0.05) is 17.7 Å². The van der Waals surface area contributed by atoms with E-state index < -0.39 is 29.9 Å². The van der Waals surface area contributed by atoms with E-state index in [1.807, 2.05) is 19.1 Å². The van der Waals surface area contributed by atoms with Crippen molar-refractivity contribution in [2.75, 3.05) is 10.6 Å². The summed E-state index contributed by atoms with van der Waals surface area (Å²) >= 11 is 0. The maximum absolute atomic E-state index is 12.2. The first kappa shape index (κ1) is 22.4. The first-order chi connectivity index (χ1) is 14.2. The number of aliphatic carboxylic acids is 1. The van der Waals surface area contributed by atoms with Gasteiger partial charge in [0.2, 0.25) is 5.91 Å². The van der Waals surface area contributed by atoms with Gasteiger partial charge in [-0.05, 0) is 57.2 Å². The number of carbonyl (C=O) groups is 4. The molecule has 30 heavy (non-hydrogen) atoms. The number of anilines is 2. The first-order valence-corrected chi connectivity index (χ1v) is 9.07. The molecule has 2 aromatic carbocycles. The van der Waals surface area contributed by atoms with Gasteiger partial charge in [-0.3, -0.25) is 9.59 Å². The fraction of sp³-hybridized carbons (Fsp3) is 0.182. The molecule has 0 radical (unpaired) electrons. The standard InChI is InChI=1S/C22H22N2O6/c1-13-4-8-18(9-5-13)24-20(26)15(3)30-22(29)16-6-10-17(11-7-16)23-19(25)12-14(2)21(27)28/h4-12,15H,1-3H3,(H,23,25)(H,24,26)(H,27,28)/b14-12-. The van der Waals surface area contributed by atoms with Gasteiger partial charge >= 0.3 is 11.9 Å². The van der Waals surface area contributed by atoms with Gasteiger partial charge in [-0.15, -0.1) is 0 Å². The average Bonchev–Trinajstić information content (AvgIpc) is 2.69. The Kier molecular flexibility index (Phi) is 7.46. The van der Waals surface area contributed by atoms with Crippen molar-refractivity contribution in [2.45, 2.75) is 26.9 Å². The van der Waals surface area contributed by atoms with E-state index in [1.54, 1.807) is 12.1 Å². The third-order valence-electron chi connectivity index (χ3n) is 4.05. The number of amides is 2. The Morgan fingerprint density at radius 3 is 2.03 bits per heavy atom. The highest BCUT2D eigenvalue weighted by molar-refractivity contribution is 6.04. The lowest BCUT2D eigenvalue weighted by atomic mass is 10.2. The number of carboxylic acids is 1. The highest BCUT2D eigenvalue weighted by atomic mass is 16.5. The molecule has 2 amide bonds. The van der Waals surface area contributed by atoms with Crippen LogP contribution in [0.25, 0.3) is 0 Å². The lowest BCUT2D eigenvalue weighted by molar-refractivity contribution is -0.132. The van der Waals surface area contributed by atoms with Crippen LogP contribution in [0.1, 0.15) is 29.8 Å². The van der Waals surface area contributed by atoms with Gasteiger partial charge in [0.05, 0.1) is 5.56 Å². The van der Waals surface area contributed by atoms with E-state index in [4.69, 9.17) is 9.84 Å². The highest BCUT2D eigenvalue weighted by Gasteiger charge is 2.19. The number of aryl methyl sites for hydroxylation is 1. The minimum absolute atomic E-state index is 0.106. The second kappa shape index (κ2) is 10.0. The summed E-state index contributed by atoms with van der Waals surface area (Å²) in [5.41, 5.74) is 2.11. The summed E-state index contributed by atoms with van der Waals surface area (Å²) in [4.78, 5) is 46.9. The summed E-state index contributed by atoms with van der Waals surface area (Å²) in [5, 5.41) is 13.9. The van der Waals surface area contributed by atoms with E-state index in [1.165, 1.54) is 38.1 Å². The maximum Gasteiger partial charge on any atom is 0.338 e. The summed E-state index contributed by atoms with van der Waals surface area (Å²) in [5.74, 6) is -2.95. The van der Waals surface area contributed by atoms with Crippen LogP contribution in [0.4, 0.5) is 11.4 Å². The molecule has 156 valence electrons. The fourth-order valence-corrected chi connectivity index (χ4v) is 2.29. The smallest absolute Gasteiger partial charge is 0.338 e. The molecule has 0 saturated carbocycles. The van der Waals surface area contributed by atoms with Crippen molar-refractivity contribution >= 4 is 35.1 Å². The Morgan fingerprint density at radius 2 is 1.47 bits per heavy atom. The molecule has 8 nitrogen and oxygen atoms in total. The number of hydrogen-bond donors (Lipinski definition) is 3. The molecule has 0 aromatic heterocycles. The Labute approximate surface area is 173 Å². The van der Waals surface area contributed by atoms with Gasteiger partial charge in [0.25, 0.3) is 5.91 Å². The summed E-state index contributed by atoms with van der Waals surface area (Å²) in [6, 6.07) is 13.0. The van der Waals surface area contributed by atoms with Crippen LogP contribution in [0, 0.1) is 6.92 Å². The molecular formula is C22H22N2O6. The van der Waals surface area contributed by atoms with Crippen LogP contribution in [0.5, 0.6) is 0 Å². The van der Waals surface area contributed by atoms with Crippen molar-refractivity contribution in [3.63, 3.8) is 0 Å². The zero-order chi connectivity index (χ0) is 22.3. The fourth-order valence-electron chi connectivity index (χ4n) is 2.29. The third-order valence-corrected chi connectivity index (χ3v) is 4.05. The topological polar surface area (TPSA) is 122 Å². The molecular weight excluding hydrogens is 388 g/mol. The normalized spacial score (nSPS) is 11.9. The number of carboxylic acid groups (broad SMARTS) is 1. The molecule has 3 N–H and O–H groups in total. The van der Waals surface area contributed by atoms with Gasteiger partial charge in [0.1, 0.15) is 0 Å². The molecule has 2 aromatic rings. The molecule has 0 heterocycles. The third kappa shape index (κ3) is 6.59. The Bertz CT molecular complexity index is 978. The van der Waals surface area contributed by atoms with Crippen LogP contribution in [0.2, 0.25) is 0 Å². The number of carbonyl (C=O) groups excluding carboxylic acids is 3. The zero-order valence-corrected chi connectivity index (χ0v) is 16.8. The van der Waals surface area contributed by atoms with Gasteiger partial charge in [0.15, 0.2) is 6.10 Å². The number of ether oxygens (including phenoxy) is 1. The molecule has 0 saturated heterocycles. The molecule has 0 fully saturated rings. The average molecular weight is 410 g/mol. The monoisotopic (exact) mass is 410 g/mol. The summed E-state index contributed by atoms with van der Waals surface area (Å²) < 4.78 is 5.18. The Balaban J connectivity index is 1.92. The van der Waals surface area contributed by atoms with Crippen molar-refractivity contribution in [3.05, 3.63) is 71.3 Å². The first-order valence-electron chi connectivity index (χ1n) is 9.07. The summed E-state index contributed by atoms with van der Waals surface area (Å²) in [6.45, 7) is 4.70. The molecule has 8 heteroatoms. The molecule has 0 bridgehead atoms. The maximum atomic E-state index is 12.2. The second-order valence-electron chi connectivity index (χ2n) is 6.60. The largest absolute Gasteiger partial charge is 0.478 e. The van der Waals surface area contributed by atoms with Gasteiger partial charge in [-0.2, -0.15) is 0 Å². The SMILES string of the molecule is C/C(=C/C(=O)Nc1ccc(C(=O)OC(C)C(=O)Nc2ccc(C)cc2)cc1)C(=O)O. The molecule has 2 rings (SSSR count). The lowest BCUT2D eigenvalue weighted by Gasteiger charge is -2.14. The van der Waals surface area contributed by atoms with E-state index in [-0.39, 0.29) is 11.1 Å². The quantitative estimate of drug-likeness (QED) is 0.476. The minimum atomic E-state index is -1.19. The van der Waals surface area contributed by atoms with E-state index in [9.17, 15) is 19.2 Å². The number of hydrogen-bond acceptors (Lipinski definition) is 5. The van der Waals surface area contributed by atoms with Crippen LogP contribution >= 0.6 is 0 Å². The predicted molar refractivity (Wildman–Crippen MR) is 111 cm³/mol. The van der Waals surface area contributed by atoms with Crippen LogP contribution in [-0.4, -0.2) is 35.0 Å². The second-order valence-corrected chi connectivity index (χ2v) is 6.60. The van der Waals surface area contributed by atoms with E-state index in [2.05, 4.69) is 10.6 Å². The van der Waals surface area contributed by atoms with Crippen LogP contribution < -0.4 is 10.6 Å². The van der Waals surface area contributed by atoms with Crippen molar-refractivity contribution in [2.24, 2.45) is 0 Å². The van der Waals surface area contributed by atoms with Crippen molar-refractivity contribution in [1.29, 1.82) is 0 Å². The molecule has 0 aliphatic carbocycles. The van der Waals surface area contributed by atoms with Gasteiger partial charge in [-0.25, -0.2) is 9.59 Å². The molecule has 0 spiro atoms. The number of benzene rings is 2. The number of rotatable bonds is 7. The van der Waals surface area contributed by atoms with E-state index >= 15 is 0 Å². The van der Waals surface area contributed by atoms with Crippen molar-refractivity contribution in [1.82, 2.24) is 0 Å². The number of nitrogens with one attached hydrogen (secondary N) is 2. The minimum Gasteiger partial charge on any atom is -0.478 e. The highest BCUT2D eigenvalue weighted by Crippen LogP contribution is 2.13. The molecule has 0 aliphatic rings. The molecule has 1 atom stereocenters. The van der Waals surface area contributed by atoms with Crippen LogP contribution in [-0.2, 0) is 19.1 Å². The Hall–Kier alpha value is -3.94. The van der Waals surface area contributed by atoms with E-state index in [0.29, 0.717) is 11.4 Å². The van der Waals surface area contributed by atoms with Crippen molar-refractivity contribution < 1.29 is 29.0 Å². The van der Waals surface area contributed by atoms with Crippen LogP contribution in [0.15, 0.2) is 60.2 Å². The number of esters is 1. The van der Waals surface area contributed by atoms with Crippen molar-refractivity contribution in [3.8, 4) is 0 Å². The summed E-state index contributed by atoms with van der Waals surface area (Å²) in [7, 11) is 0. The molecule has 1 unspecified atom stereocenters. The van der Waals surface area contributed by atoms with E-state index in [0.717, 1.165) is 11.6 Å². The van der Waals surface area contributed by atoms with Gasteiger partial charge < -0.3 is 20.5 Å². The lowest BCUT2D eigenvalue weighted by Crippen LogP contribution is -2.30. The predicted octanol–water partition coefficient (Wildman–Crippen LogP) is 3.15.